The zero-order valence-corrected chi connectivity index (χ0v) is 31.7. The van der Waals surface area contributed by atoms with Crippen LogP contribution in [0.5, 0.6) is 11.5 Å². The van der Waals surface area contributed by atoms with Crippen molar-refractivity contribution < 1.29 is 41.3 Å². The number of carbonyl (C=O) groups excluding carboxylic acids is 1. The molecule has 1 aliphatic rings. The van der Waals surface area contributed by atoms with Crippen molar-refractivity contribution in [3.05, 3.63) is 83.4 Å². The van der Waals surface area contributed by atoms with E-state index in [0.29, 0.717) is 64.8 Å². The summed E-state index contributed by atoms with van der Waals surface area (Å²) >= 11 is 6.39. The van der Waals surface area contributed by atoms with Crippen molar-refractivity contribution in [1.29, 1.82) is 0 Å². The van der Waals surface area contributed by atoms with Gasteiger partial charge in [-0.2, -0.15) is 0 Å². The predicted molar refractivity (Wildman–Crippen MR) is 203 cm³/mol. The lowest BCUT2D eigenvalue weighted by atomic mass is 10.0. The SMILES string of the molecule is CN(C)C/C=C/C(=O)Cc1cc2c(Nc3cc(Cl)c(F)c(-c4ccc(OCCOCCOCCS(=O)(=O)Cl)cc4)c3)ncnc2cc1OC1CCOC1. The summed E-state index contributed by atoms with van der Waals surface area (Å²) in [7, 11) is 5.41. The van der Waals surface area contributed by atoms with Gasteiger partial charge in [-0.25, -0.2) is 22.8 Å². The number of likely N-dealkylation sites (N-methyl/N-ethyl adjacent to an activating group) is 1. The van der Waals surface area contributed by atoms with Gasteiger partial charge in [0, 0.05) is 58.3 Å². The second-order valence-electron chi connectivity index (χ2n) is 12.4. The molecular formula is C37H41Cl2FN4O8S. The van der Waals surface area contributed by atoms with E-state index in [4.69, 9.17) is 46.0 Å². The summed E-state index contributed by atoms with van der Waals surface area (Å²) in [5.41, 5.74) is 2.60. The number of nitrogens with zero attached hydrogens (tertiary/aromatic N) is 3. The first-order chi connectivity index (χ1) is 25.4. The van der Waals surface area contributed by atoms with Crippen molar-refractivity contribution in [2.24, 2.45) is 0 Å². The van der Waals surface area contributed by atoms with Crippen LogP contribution in [0.15, 0.2) is 67.0 Å². The van der Waals surface area contributed by atoms with Gasteiger partial charge in [-0.05, 0) is 56.1 Å². The second kappa shape index (κ2) is 19.4. The summed E-state index contributed by atoms with van der Waals surface area (Å²) in [6.07, 6.45) is 5.54. The quantitative estimate of drug-likeness (QED) is 0.0619. The fraction of sp³-hybridized carbons (Fsp3) is 0.378. The lowest BCUT2D eigenvalue weighted by molar-refractivity contribution is -0.114. The van der Waals surface area contributed by atoms with Gasteiger partial charge in [-0.15, -0.1) is 0 Å². The van der Waals surface area contributed by atoms with E-state index in [1.165, 1.54) is 12.4 Å². The molecule has 16 heteroatoms. The fourth-order valence-electron chi connectivity index (χ4n) is 5.34. The van der Waals surface area contributed by atoms with Crippen LogP contribution >= 0.6 is 22.3 Å². The second-order valence-corrected chi connectivity index (χ2v) is 15.7. The molecule has 0 amide bonds. The zero-order chi connectivity index (χ0) is 37.8. The Morgan fingerprint density at radius 2 is 1.81 bits per heavy atom. The van der Waals surface area contributed by atoms with Gasteiger partial charge in [-0.1, -0.05) is 29.8 Å². The average Bonchev–Trinajstić information content (AvgIpc) is 3.62. The molecule has 0 radical (unpaired) electrons. The van der Waals surface area contributed by atoms with E-state index >= 15 is 4.39 Å². The number of rotatable bonds is 20. The van der Waals surface area contributed by atoms with Gasteiger partial charge in [0.1, 0.15) is 42.2 Å². The molecule has 12 nitrogen and oxygen atoms in total. The summed E-state index contributed by atoms with van der Waals surface area (Å²) < 4.78 is 65.3. The van der Waals surface area contributed by atoms with Crippen LogP contribution in [0.25, 0.3) is 22.0 Å². The minimum absolute atomic E-state index is 0.00586. The number of ether oxygens (including phenoxy) is 5. The van der Waals surface area contributed by atoms with Crippen molar-refractivity contribution in [3.8, 4) is 22.6 Å². The number of nitrogens with one attached hydrogen (secondary N) is 1. The van der Waals surface area contributed by atoms with Crippen molar-refractivity contribution in [3.63, 3.8) is 0 Å². The molecule has 1 unspecified atom stereocenters. The molecular weight excluding hydrogens is 750 g/mol. The van der Waals surface area contributed by atoms with Crippen LogP contribution in [0.1, 0.15) is 12.0 Å². The van der Waals surface area contributed by atoms with E-state index in [1.807, 2.05) is 31.1 Å². The standard InChI is InChI=1S/C37H41Cl2FN4O8S/c1-44(2)10-3-4-28(45)18-26-19-32-34(22-35(26)52-30-9-11-50-23-30)41-24-42-37(32)43-27-20-31(36(40)33(38)21-27)25-5-7-29(8-6-25)51-15-14-48-12-13-49-16-17-53(39,46)47/h3-8,19-22,24,30H,9-18,23H2,1-2H3,(H,41,42,43)/b4-3+. The Kier molecular flexibility index (Phi) is 14.8. The molecule has 3 aromatic carbocycles. The Morgan fingerprint density at radius 3 is 2.53 bits per heavy atom. The zero-order valence-electron chi connectivity index (χ0n) is 29.4. The van der Waals surface area contributed by atoms with Crippen molar-refractivity contribution >= 4 is 59.5 Å². The number of aromatic nitrogens is 2. The molecule has 0 spiro atoms. The number of benzene rings is 3. The minimum atomic E-state index is -3.58. The van der Waals surface area contributed by atoms with Gasteiger partial charge in [0.25, 0.3) is 0 Å². The summed E-state index contributed by atoms with van der Waals surface area (Å²) in [5, 5.41) is 3.83. The molecule has 284 valence electrons. The van der Waals surface area contributed by atoms with E-state index in [1.54, 1.807) is 42.5 Å². The first-order valence-corrected chi connectivity index (χ1v) is 19.7. The summed E-state index contributed by atoms with van der Waals surface area (Å²) in [4.78, 5) is 23.9. The monoisotopic (exact) mass is 790 g/mol. The van der Waals surface area contributed by atoms with E-state index < -0.39 is 14.9 Å². The Hall–Kier alpha value is -3.89. The smallest absolute Gasteiger partial charge is 0.234 e. The van der Waals surface area contributed by atoms with Crippen molar-refractivity contribution in [1.82, 2.24) is 14.9 Å². The third kappa shape index (κ3) is 12.6. The predicted octanol–water partition coefficient (Wildman–Crippen LogP) is 6.21. The van der Waals surface area contributed by atoms with Crippen LogP contribution in [0.4, 0.5) is 15.9 Å². The summed E-state index contributed by atoms with van der Waals surface area (Å²) in [6.45, 7) is 2.74. The number of fused-ring (bicyclic) bond motifs is 1. The van der Waals surface area contributed by atoms with Gasteiger partial charge >= 0.3 is 0 Å². The van der Waals surface area contributed by atoms with E-state index in [0.717, 1.165) is 6.42 Å². The topological polar surface area (TPSA) is 138 Å². The molecule has 1 aliphatic heterocycles. The number of allylic oxidation sites excluding steroid dienone is 1. The molecule has 0 aliphatic carbocycles. The van der Waals surface area contributed by atoms with Crippen molar-refractivity contribution in [2.45, 2.75) is 18.9 Å². The number of hydrogen-bond donors (Lipinski definition) is 1. The summed E-state index contributed by atoms with van der Waals surface area (Å²) in [6, 6.07) is 13.7. The minimum Gasteiger partial charge on any atom is -0.491 e. The molecule has 2 heterocycles. The lowest BCUT2D eigenvalue weighted by Gasteiger charge is -2.17. The molecule has 1 fully saturated rings. The first-order valence-electron chi connectivity index (χ1n) is 16.9. The third-order valence-corrected chi connectivity index (χ3v) is 9.33. The van der Waals surface area contributed by atoms with Crippen LogP contribution in [0, 0.1) is 5.82 Å². The number of halogens is 3. The Morgan fingerprint density at radius 1 is 1.06 bits per heavy atom. The highest BCUT2D eigenvalue weighted by atomic mass is 35.7. The molecule has 4 aromatic rings. The number of anilines is 2. The molecule has 1 atom stereocenters. The van der Waals surface area contributed by atoms with E-state index in [9.17, 15) is 13.2 Å². The van der Waals surface area contributed by atoms with Gasteiger partial charge in [0.2, 0.25) is 9.05 Å². The van der Waals surface area contributed by atoms with E-state index in [2.05, 4.69) is 15.3 Å². The van der Waals surface area contributed by atoms with E-state index in [-0.39, 0.29) is 67.7 Å². The maximum absolute atomic E-state index is 15.4. The average molecular weight is 792 g/mol. The van der Waals surface area contributed by atoms with Gasteiger partial charge < -0.3 is 33.9 Å². The molecule has 5 rings (SSSR count). The van der Waals surface area contributed by atoms with Crippen LogP contribution in [-0.2, 0) is 34.5 Å². The highest BCUT2D eigenvalue weighted by Gasteiger charge is 2.21. The number of carbonyl (C=O) groups is 1. The van der Waals surface area contributed by atoms with Crippen LogP contribution in [0.2, 0.25) is 5.02 Å². The number of hydrogen-bond acceptors (Lipinski definition) is 12. The molecule has 1 aromatic heterocycles. The molecule has 0 saturated carbocycles. The van der Waals surface area contributed by atoms with Crippen LogP contribution < -0.4 is 14.8 Å². The Bertz CT molecular complexity index is 2000. The van der Waals surface area contributed by atoms with Crippen LogP contribution in [-0.4, -0.2) is 108 Å². The van der Waals surface area contributed by atoms with Gasteiger partial charge in [-0.3, -0.25) is 4.79 Å². The largest absolute Gasteiger partial charge is 0.491 e. The normalized spacial score (nSPS) is 14.7. The molecule has 53 heavy (non-hydrogen) atoms. The van der Waals surface area contributed by atoms with Gasteiger partial charge in [0.05, 0.1) is 55.9 Å². The highest BCUT2D eigenvalue weighted by Crippen LogP contribution is 2.36. The van der Waals surface area contributed by atoms with Crippen molar-refractivity contribution in [2.75, 3.05) is 78.0 Å². The fourth-order valence-corrected chi connectivity index (χ4v) is 6.07. The maximum Gasteiger partial charge on any atom is 0.234 e. The van der Waals surface area contributed by atoms with Crippen LogP contribution in [0.3, 0.4) is 0 Å². The highest BCUT2D eigenvalue weighted by molar-refractivity contribution is 8.13. The molecule has 0 bridgehead atoms. The lowest BCUT2D eigenvalue weighted by Crippen LogP contribution is -2.17. The maximum atomic E-state index is 15.4. The Labute approximate surface area is 317 Å². The number of ketones is 1. The first kappa shape index (κ1) is 40.3. The third-order valence-electron chi connectivity index (χ3n) is 7.93. The molecule has 1 saturated heterocycles. The summed E-state index contributed by atoms with van der Waals surface area (Å²) in [5.74, 6) is 0.630. The van der Waals surface area contributed by atoms with Gasteiger partial charge in [0.15, 0.2) is 5.78 Å². The Balaban J connectivity index is 1.28. The molecule has 1 N–H and O–H groups in total.